The molecule has 0 bridgehead atoms. The van der Waals surface area contributed by atoms with Crippen molar-refractivity contribution in [2.75, 3.05) is 7.11 Å². The van der Waals surface area contributed by atoms with Crippen LogP contribution in [0.1, 0.15) is 34.2 Å². The number of aromatic amines is 1. The molecule has 0 aliphatic carbocycles. The number of hydrogen-bond acceptors (Lipinski definition) is 4. The first-order valence-electron chi connectivity index (χ1n) is 9.88. The van der Waals surface area contributed by atoms with Gasteiger partial charge < -0.3 is 9.72 Å². The number of nitrogens with one attached hydrogen (secondary N) is 1. The van der Waals surface area contributed by atoms with Crippen molar-refractivity contribution in [1.29, 1.82) is 0 Å². The summed E-state index contributed by atoms with van der Waals surface area (Å²) in [6.45, 7) is 0. The summed E-state index contributed by atoms with van der Waals surface area (Å²) in [6, 6.07) is 22.5. The predicted octanol–water partition coefficient (Wildman–Crippen LogP) is 5.33. The van der Waals surface area contributed by atoms with Crippen LogP contribution in [-0.4, -0.2) is 33.7 Å². The van der Waals surface area contributed by atoms with Gasteiger partial charge in [0.2, 0.25) is 0 Å². The van der Waals surface area contributed by atoms with Crippen LogP contribution in [0.5, 0.6) is 5.75 Å². The predicted molar refractivity (Wildman–Crippen MR) is 123 cm³/mol. The number of imidazole rings is 1. The Balaban J connectivity index is 1.54. The molecule has 1 aromatic heterocycles. The molecule has 1 atom stereocenters. The number of amides is 1. The van der Waals surface area contributed by atoms with Crippen LogP contribution < -0.4 is 4.74 Å². The van der Waals surface area contributed by atoms with Gasteiger partial charge in [0.15, 0.2) is 0 Å². The number of hydrazone groups is 1. The molecule has 154 valence electrons. The van der Waals surface area contributed by atoms with Crippen molar-refractivity contribution >= 4 is 38.6 Å². The van der Waals surface area contributed by atoms with Gasteiger partial charge in [-0.1, -0.05) is 40.2 Å². The Hall–Kier alpha value is -3.45. The molecule has 3 aromatic carbocycles. The van der Waals surface area contributed by atoms with E-state index in [9.17, 15) is 4.79 Å². The molecule has 0 saturated carbocycles. The second-order valence-corrected chi connectivity index (χ2v) is 8.21. The number of aromatic nitrogens is 2. The van der Waals surface area contributed by atoms with Gasteiger partial charge in [-0.05, 0) is 54.1 Å². The minimum Gasteiger partial charge on any atom is -0.497 e. The van der Waals surface area contributed by atoms with Gasteiger partial charge >= 0.3 is 0 Å². The Bertz CT molecular complexity index is 1250. The van der Waals surface area contributed by atoms with E-state index < -0.39 is 0 Å². The van der Waals surface area contributed by atoms with E-state index >= 15 is 0 Å². The second-order valence-electron chi connectivity index (χ2n) is 7.29. The Morgan fingerprint density at radius 1 is 1.06 bits per heavy atom. The minimum absolute atomic E-state index is 0.180. The van der Waals surface area contributed by atoms with Crippen molar-refractivity contribution in [2.24, 2.45) is 5.10 Å². The molecular formula is C24H19BrN4O2. The molecule has 0 radical (unpaired) electrons. The topological polar surface area (TPSA) is 70.6 Å². The molecule has 1 amide bonds. The van der Waals surface area contributed by atoms with Crippen LogP contribution in [0.15, 0.2) is 82.4 Å². The molecule has 31 heavy (non-hydrogen) atoms. The second kappa shape index (κ2) is 8.00. The first-order valence-corrected chi connectivity index (χ1v) is 10.7. The molecule has 1 aliphatic rings. The van der Waals surface area contributed by atoms with Crippen LogP contribution >= 0.6 is 15.9 Å². The summed E-state index contributed by atoms with van der Waals surface area (Å²) >= 11 is 3.47. The molecule has 0 spiro atoms. The highest BCUT2D eigenvalue weighted by Gasteiger charge is 2.35. The summed E-state index contributed by atoms with van der Waals surface area (Å²) in [4.78, 5) is 21.5. The van der Waals surface area contributed by atoms with Crippen molar-refractivity contribution in [1.82, 2.24) is 15.0 Å². The van der Waals surface area contributed by atoms with Gasteiger partial charge in [0.25, 0.3) is 5.91 Å². The van der Waals surface area contributed by atoms with E-state index in [1.165, 1.54) is 5.01 Å². The monoisotopic (exact) mass is 474 g/mol. The number of para-hydroxylation sites is 2. The number of rotatable bonds is 4. The SMILES string of the molecule is COc1ccc(C(=O)N2N=C(c3ccc(Br)cc3)CC2c2nc3ccccc3[nH]2)cc1. The average Bonchev–Trinajstić information content (AvgIpc) is 3.43. The smallest absolute Gasteiger partial charge is 0.274 e. The average molecular weight is 475 g/mol. The van der Waals surface area contributed by atoms with E-state index in [0.29, 0.717) is 17.7 Å². The van der Waals surface area contributed by atoms with E-state index in [-0.39, 0.29) is 11.9 Å². The van der Waals surface area contributed by atoms with E-state index in [0.717, 1.165) is 32.6 Å². The van der Waals surface area contributed by atoms with Crippen molar-refractivity contribution in [3.63, 3.8) is 0 Å². The third-order valence-electron chi connectivity index (χ3n) is 5.36. The minimum atomic E-state index is -0.319. The maximum Gasteiger partial charge on any atom is 0.274 e. The van der Waals surface area contributed by atoms with Crippen LogP contribution in [0.25, 0.3) is 11.0 Å². The first-order chi connectivity index (χ1) is 15.1. The van der Waals surface area contributed by atoms with Gasteiger partial charge in [-0.2, -0.15) is 5.10 Å². The molecule has 7 heteroatoms. The zero-order valence-corrected chi connectivity index (χ0v) is 18.3. The summed E-state index contributed by atoms with van der Waals surface area (Å²) in [5.74, 6) is 1.24. The molecule has 5 rings (SSSR count). The number of carbonyl (C=O) groups excluding carboxylic acids is 1. The number of methoxy groups -OCH3 is 1. The molecule has 4 aromatic rings. The molecule has 1 aliphatic heterocycles. The maximum absolute atomic E-state index is 13.4. The number of halogens is 1. The van der Waals surface area contributed by atoms with E-state index in [1.807, 2.05) is 48.5 Å². The summed E-state index contributed by atoms with van der Waals surface area (Å²) in [7, 11) is 1.60. The lowest BCUT2D eigenvalue weighted by Gasteiger charge is -2.20. The van der Waals surface area contributed by atoms with Gasteiger partial charge in [-0.15, -0.1) is 0 Å². The van der Waals surface area contributed by atoms with Crippen LogP contribution in [0.2, 0.25) is 0 Å². The Labute approximate surface area is 187 Å². The fraction of sp³-hybridized carbons (Fsp3) is 0.125. The molecule has 2 heterocycles. The van der Waals surface area contributed by atoms with Gasteiger partial charge in [0.1, 0.15) is 17.6 Å². The summed E-state index contributed by atoms with van der Waals surface area (Å²) < 4.78 is 6.21. The first kappa shape index (κ1) is 19.5. The number of carbonyl (C=O) groups is 1. The lowest BCUT2D eigenvalue weighted by molar-refractivity contribution is 0.0705. The summed E-state index contributed by atoms with van der Waals surface area (Å²) in [6.07, 6.45) is 0.573. The van der Waals surface area contributed by atoms with Crippen molar-refractivity contribution < 1.29 is 9.53 Å². The van der Waals surface area contributed by atoms with E-state index in [2.05, 4.69) is 20.9 Å². The highest BCUT2D eigenvalue weighted by molar-refractivity contribution is 9.10. The number of hydrogen-bond donors (Lipinski definition) is 1. The standard InChI is InChI=1S/C24H19BrN4O2/c1-31-18-12-8-16(9-13-18)24(30)29-22(23-26-19-4-2-3-5-20(19)27-23)14-21(28-29)15-6-10-17(25)11-7-15/h2-13,22H,14H2,1H3,(H,26,27). The number of ether oxygens (including phenoxy) is 1. The number of H-pyrrole nitrogens is 1. The van der Waals surface area contributed by atoms with Crippen molar-refractivity contribution in [3.8, 4) is 5.75 Å². The van der Waals surface area contributed by atoms with Crippen LogP contribution in [0, 0.1) is 0 Å². The van der Waals surface area contributed by atoms with Crippen molar-refractivity contribution in [2.45, 2.75) is 12.5 Å². The quantitative estimate of drug-likeness (QED) is 0.434. The molecule has 1 N–H and O–H groups in total. The largest absolute Gasteiger partial charge is 0.497 e. The van der Waals surface area contributed by atoms with E-state index in [4.69, 9.17) is 14.8 Å². The highest BCUT2D eigenvalue weighted by atomic mass is 79.9. The van der Waals surface area contributed by atoms with Crippen LogP contribution in [-0.2, 0) is 0 Å². The third kappa shape index (κ3) is 3.72. The highest BCUT2D eigenvalue weighted by Crippen LogP contribution is 2.34. The normalized spacial score (nSPS) is 15.9. The number of fused-ring (bicyclic) bond motifs is 1. The lowest BCUT2D eigenvalue weighted by Crippen LogP contribution is -2.27. The molecule has 6 nitrogen and oxygen atoms in total. The molecular weight excluding hydrogens is 456 g/mol. The van der Waals surface area contributed by atoms with Gasteiger partial charge in [0.05, 0.1) is 23.9 Å². The van der Waals surface area contributed by atoms with Gasteiger partial charge in [0, 0.05) is 16.5 Å². The Kier molecular flexibility index (Phi) is 5.03. The zero-order chi connectivity index (χ0) is 21.4. The fourth-order valence-electron chi connectivity index (χ4n) is 3.72. The maximum atomic E-state index is 13.4. The molecule has 1 unspecified atom stereocenters. The van der Waals surface area contributed by atoms with Crippen LogP contribution in [0.3, 0.4) is 0 Å². The lowest BCUT2D eigenvalue weighted by atomic mass is 10.0. The van der Waals surface area contributed by atoms with Crippen molar-refractivity contribution in [3.05, 3.63) is 94.2 Å². The summed E-state index contributed by atoms with van der Waals surface area (Å²) in [5, 5.41) is 6.27. The number of nitrogens with zero attached hydrogens (tertiary/aromatic N) is 3. The van der Waals surface area contributed by atoms with E-state index in [1.54, 1.807) is 31.4 Å². The zero-order valence-electron chi connectivity index (χ0n) is 16.7. The Morgan fingerprint density at radius 3 is 2.52 bits per heavy atom. The van der Waals surface area contributed by atoms with Gasteiger partial charge in [-0.3, -0.25) is 4.79 Å². The number of benzene rings is 3. The fourth-order valence-corrected chi connectivity index (χ4v) is 3.99. The van der Waals surface area contributed by atoms with Crippen LogP contribution in [0.4, 0.5) is 0 Å². The summed E-state index contributed by atoms with van der Waals surface area (Å²) in [5.41, 5.74) is 4.18. The molecule has 0 saturated heterocycles. The Morgan fingerprint density at radius 2 is 1.81 bits per heavy atom. The molecule has 0 fully saturated rings. The third-order valence-corrected chi connectivity index (χ3v) is 5.88. The van der Waals surface area contributed by atoms with Gasteiger partial charge in [-0.25, -0.2) is 9.99 Å².